The Bertz CT molecular complexity index is 917. The van der Waals surface area contributed by atoms with Crippen LogP contribution < -0.4 is 14.5 Å². The monoisotopic (exact) mass is 423 g/mol. The van der Waals surface area contributed by atoms with Crippen molar-refractivity contribution in [2.45, 2.75) is 18.3 Å². The van der Waals surface area contributed by atoms with Gasteiger partial charge in [-0.15, -0.1) is 10.2 Å². The standard InChI is InChI=1S/C23H29N5O3/c1-30-19-5-3-2-4-18(19)23(8-9-23)22(29)28-12-10-26(11-13-28)20-6-7-21(25-24-20)27-14-16-31-17-15-27/h2-7H,8-17H2,1H3. The van der Waals surface area contributed by atoms with E-state index in [-0.39, 0.29) is 5.91 Å². The number of ether oxygens (including phenoxy) is 2. The van der Waals surface area contributed by atoms with Crippen LogP contribution in [0.3, 0.4) is 0 Å². The summed E-state index contributed by atoms with van der Waals surface area (Å²) in [5.74, 6) is 2.80. The maximum atomic E-state index is 13.4. The van der Waals surface area contributed by atoms with E-state index in [0.717, 1.165) is 75.2 Å². The first-order valence-corrected chi connectivity index (χ1v) is 11.1. The van der Waals surface area contributed by atoms with Gasteiger partial charge in [0.2, 0.25) is 5.91 Å². The predicted octanol–water partition coefficient (Wildman–Crippen LogP) is 1.70. The first-order chi connectivity index (χ1) is 15.2. The highest BCUT2D eigenvalue weighted by Gasteiger charge is 2.54. The molecule has 3 heterocycles. The summed E-state index contributed by atoms with van der Waals surface area (Å²) in [6.45, 7) is 6.08. The van der Waals surface area contributed by atoms with E-state index in [1.54, 1.807) is 7.11 Å². The summed E-state index contributed by atoms with van der Waals surface area (Å²) in [4.78, 5) is 19.8. The maximum absolute atomic E-state index is 13.4. The molecule has 0 spiro atoms. The van der Waals surface area contributed by atoms with Crippen LogP contribution in [-0.4, -0.2) is 80.6 Å². The highest BCUT2D eigenvalue weighted by atomic mass is 16.5. The zero-order valence-electron chi connectivity index (χ0n) is 18.0. The molecule has 2 saturated heterocycles. The van der Waals surface area contributed by atoms with Gasteiger partial charge in [0.1, 0.15) is 5.75 Å². The summed E-state index contributed by atoms with van der Waals surface area (Å²) >= 11 is 0. The second-order valence-corrected chi connectivity index (χ2v) is 8.41. The van der Waals surface area contributed by atoms with E-state index < -0.39 is 5.41 Å². The fourth-order valence-corrected chi connectivity index (χ4v) is 4.65. The van der Waals surface area contributed by atoms with Crippen molar-refractivity contribution in [1.82, 2.24) is 15.1 Å². The third kappa shape index (κ3) is 3.80. The largest absolute Gasteiger partial charge is 0.496 e. The normalized spacial score (nSPS) is 20.5. The summed E-state index contributed by atoms with van der Waals surface area (Å²) < 4.78 is 10.9. The number of para-hydroxylation sites is 1. The van der Waals surface area contributed by atoms with Gasteiger partial charge in [0.05, 0.1) is 25.7 Å². The fraction of sp³-hybridized carbons (Fsp3) is 0.522. The lowest BCUT2D eigenvalue weighted by molar-refractivity contribution is -0.134. The minimum atomic E-state index is -0.408. The summed E-state index contributed by atoms with van der Waals surface area (Å²) in [5.41, 5.74) is 0.614. The van der Waals surface area contributed by atoms with E-state index in [2.05, 4.69) is 20.0 Å². The Morgan fingerprint density at radius 3 is 2.10 bits per heavy atom. The number of rotatable bonds is 5. The van der Waals surface area contributed by atoms with Gasteiger partial charge in [-0.25, -0.2) is 0 Å². The molecule has 3 aliphatic rings. The molecule has 2 aromatic rings. The van der Waals surface area contributed by atoms with Crippen LogP contribution in [0.1, 0.15) is 18.4 Å². The van der Waals surface area contributed by atoms with Crippen LogP contribution in [0.2, 0.25) is 0 Å². The van der Waals surface area contributed by atoms with Gasteiger partial charge >= 0.3 is 0 Å². The zero-order valence-corrected chi connectivity index (χ0v) is 18.0. The van der Waals surface area contributed by atoms with Crippen LogP contribution in [-0.2, 0) is 14.9 Å². The third-order valence-electron chi connectivity index (χ3n) is 6.64. The molecule has 0 unspecified atom stereocenters. The number of hydrogen-bond donors (Lipinski definition) is 0. The van der Waals surface area contributed by atoms with E-state index in [9.17, 15) is 4.79 Å². The van der Waals surface area contributed by atoms with Gasteiger partial charge < -0.3 is 24.2 Å². The average Bonchev–Trinajstić information content (AvgIpc) is 3.66. The number of anilines is 2. The summed E-state index contributed by atoms with van der Waals surface area (Å²) in [6.07, 6.45) is 1.78. The van der Waals surface area contributed by atoms with Crippen molar-refractivity contribution >= 4 is 17.5 Å². The Balaban J connectivity index is 1.22. The van der Waals surface area contributed by atoms with Crippen LogP contribution in [0.25, 0.3) is 0 Å². The Morgan fingerprint density at radius 2 is 1.52 bits per heavy atom. The van der Waals surface area contributed by atoms with E-state index in [4.69, 9.17) is 9.47 Å². The van der Waals surface area contributed by atoms with Crippen molar-refractivity contribution in [3.05, 3.63) is 42.0 Å². The number of methoxy groups -OCH3 is 1. The van der Waals surface area contributed by atoms with E-state index in [0.29, 0.717) is 13.1 Å². The second kappa shape index (κ2) is 8.34. The molecule has 2 aliphatic heterocycles. The molecule has 0 N–H and O–H groups in total. The Hall–Kier alpha value is -2.87. The van der Waals surface area contributed by atoms with Crippen LogP contribution in [0.4, 0.5) is 11.6 Å². The fourth-order valence-electron chi connectivity index (χ4n) is 4.65. The number of amides is 1. The van der Waals surface area contributed by atoms with E-state index in [1.807, 2.05) is 41.3 Å². The number of morpholine rings is 1. The molecule has 8 heteroatoms. The zero-order chi connectivity index (χ0) is 21.3. The van der Waals surface area contributed by atoms with E-state index in [1.165, 1.54) is 0 Å². The number of nitrogens with zero attached hydrogens (tertiary/aromatic N) is 5. The molecular formula is C23H29N5O3. The summed E-state index contributed by atoms with van der Waals surface area (Å²) in [7, 11) is 1.67. The van der Waals surface area contributed by atoms with Crippen molar-refractivity contribution in [3.63, 3.8) is 0 Å². The molecule has 8 nitrogen and oxygen atoms in total. The van der Waals surface area contributed by atoms with Gasteiger partial charge in [-0.2, -0.15) is 0 Å². The number of benzene rings is 1. The Morgan fingerprint density at radius 1 is 0.903 bits per heavy atom. The molecule has 0 atom stereocenters. The quantitative estimate of drug-likeness (QED) is 0.725. The molecular weight excluding hydrogens is 394 g/mol. The molecule has 0 bridgehead atoms. The van der Waals surface area contributed by atoms with Gasteiger partial charge in [0, 0.05) is 44.8 Å². The number of aromatic nitrogens is 2. The molecule has 3 fully saturated rings. The van der Waals surface area contributed by atoms with Crippen LogP contribution >= 0.6 is 0 Å². The molecule has 1 aromatic carbocycles. The highest BCUT2D eigenvalue weighted by Crippen LogP contribution is 2.52. The highest BCUT2D eigenvalue weighted by molar-refractivity contribution is 5.92. The van der Waals surface area contributed by atoms with Crippen LogP contribution in [0.5, 0.6) is 5.75 Å². The number of hydrogen-bond acceptors (Lipinski definition) is 7. The molecule has 31 heavy (non-hydrogen) atoms. The van der Waals surface area contributed by atoms with Gasteiger partial charge in [0.15, 0.2) is 11.6 Å². The molecule has 1 aliphatic carbocycles. The Kier molecular flexibility index (Phi) is 5.40. The third-order valence-corrected chi connectivity index (χ3v) is 6.64. The number of carbonyl (C=O) groups excluding carboxylic acids is 1. The van der Waals surface area contributed by atoms with Crippen molar-refractivity contribution in [2.75, 3.05) is 69.4 Å². The minimum Gasteiger partial charge on any atom is -0.496 e. The molecule has 0 radical (unpaired) electrons. The summed E-state index contributed by atoms with van der Waals surface area (Å²) in [5, 5.41) is 8.88. The minimum absolute atomic E-state index is 0.227. The van der Waals surface area contributed by atoms with E-state index >= 15 is 0 Å². The van der Waals surface area contributed by atoms with Crippen molar-refractivity contribution in [2.24, 2.45) is 0 Å². The summed E-state index contributed by atoms with van der Waals surface area (Å²) in [6, 6.07) is 12.0. The topological polar surface area (TPSA) is 71.0 Å². The Labute approximate surface area is 182 Å². The lowest BCUT2D eigenvalue weighted by Gasteiger charge is -2.37. The number of piperazine rings is 1. The molecule has 1 amide bonds. The van der Waals surface area contributed by atoms with Crippen LogP contribution in [0.15, 0.2) is 36.4 Å². The average molecular weight is 424 g/mol. The van der Waals surface area contributed by atoms with Gasteiger partial charge in [0.25, 0.3) is 0 Å². The molecule has 164 valence electrons. The molecule has 1 saturated carbocycles. The maximum Gasteiger partial charge on any atom is 0.233 e. The second-order valence-electron chi connectivity index (χ2n) is 8.41. The van der Waals surface area contributed by atoms with Crippen molar-refractivity contribution < 1.29 is 14.3 Å². The smallest absolute Gasteiger partial charge is 0.233 e. The van der Waals surface area contributed by atoms with Crippen LogP contribution in [0, 0.1) is 0 Å². The first-order valence-electron chi connectivity index (χ1n) is 11.1. The lowest BCUT2D eigenvalue weighted by atomic mass is 9.93. The van der Waals surface area contributed by atoms with Crippen molar-refractivity contribution in [3.8, 4) is 5.75 Å². The molecule has 1 aromatic heterocycles. The van der Waals surface area contributed by atoms with Gasteiger partial charge in [-0.05, 0) is 31.0 Å². The van der Waals surface area contributed by atoms with Crippen molar-refractivity contribution in [1.29, 1.82) is 0 Å². The van der Waals surface area contributed by atoms with Gasteiger partial charge in [-0.3, -0.25) is 4.79 Å². The number of carbonyl (C=O) groups is 1. The van der Waals surface area contributed by atoms with Gasteiger partial charge in [-0.1, -0.05) is 18.2 Å². The SMILES string of the molecule is COc1ccccc1C1(C(=O)N2CCN(c3ccc(N4CCOCC4)nn3)CC2)CC1. The first kappa shape index (κ1) is 20.1. The molecule has 5 rings (SSSR count). The predicted molar refractivity (Wildman–Crippen MR) is 118 cm³/mol. The lowest BCUT2D eigenvalue weighted by Crippen LogP contribution is -2.51.